The zero-order chi connectivity index (χ0) is 25.9. The van der Waals surface area contributed by atoms with Crippen molar-refractivity contribution in [2.45, 2.75) is 20.4 Å². The van der Waals surface area contributed by atoms with Gasteiger partial charge in [0.05, 0.1) is 17.9 Å². The van der Waals surface area contributed by atoms with Gasteiger partial charge in [0, 0.05) is 22.9 Å². The summed E-state index contributed by atoms with van der Waals surface area (Å²) < 4.78 is 1.77. The summed E-state index contributed by atoms with van der Waals surface area (Å²) in [6.07, 6.45) is 3.59. The number of hydrogen-bond acceptors (Lipinski definition) is 4. The minimum atomic E-state index is -0.578. The fourth-order valence-electron chi connectivity index (χ4n) is 4.33. The molecule has 0 saturated carbocycles. The normalized spacial score (nSPS) is 14.8. The first-order chi connectivity index (χ1) is 18.0. The van der Waals surface area contributed by atoms with Crippen LogP contribution in [-0.4, -0.2) is 26.5 Å². The first-order valence-corrected chi connectivity index (χ1v) is 11.9. The van der Waals surface area contributed by atoms with Gasteiger partial charge >= 0.3 is 0 Å². The van der Waals surface area contributed by atoms with Crippen LogP contribution in [0.3, 0.4) is 0 Å². The molecule has 6 heteroatoms. The van der Waals surface area contributed by atoms with Crippen molar-refractivity contribution >= 4 is 17.9 Å². The molecule has 0 N–H and O–H groups in total. The largest absolute Gasteiger partial charge is 0.271 e. The third kappa shape index (κ3) is 4.63. The van der Waals surface area contributed by atoms with E-state index in [0.717, 1.165) is 27.3 Å². The lowest BCUT2D eigenvalue weighted by molar-refractivity contribution is -0.141. The summed E-state index contributed by atoms with van der Waals surface area (Å²) in [5, 5.41) is 14.6. The zero-order valence-electron chi connectivity index (χ0n) is 20.6. The van der Waals surface area contributed by atoms with Crippen LogP contribution in [0, 0.1) is 18.3 Å². The van der Waals surface area contributed by atoms with Crippen LogP contribution in [0.5, 0.6) is 0 Å². The van der Waals surface area contributed by atoms with Crippen LogP contribution in [-0.2, 0) is 16.1 Å². The quantitative estimate of drug-likeness (QED) is 0.271. The van der Waals surface area contributed by atoms with E-state index in [4.69, 9.17) is 5.10 Å². The second kappa shape index (κ2) is 9.92. The highest BCUT2D eigenvalue weighted by Crippen LogP contribution is 2.31. The Labute approximate surface area is 215 Å². The molecule has 4 aromatic rings. The summed E-state index contributed by atoms with van der Waals surface area (Å²) in [6.45, 7) is 3.71. The van der Waals surface area contributed by atoms with E-state index in [1.54, 1.807) is 17.7 Å². The van der Waals surface area contributed by atoms with Gasteiger partial charge in [-0.25, -0.2) is 4.68 Å². The zero-order valence-corrected chi connectivity index (χ0v) is 20.6. The molecule has 1 aliphatic heterocycles. The molecule has 1 aromatic heterocycles. The van der Waals surface area contributed by atoms with E-state index in [0.29, 0.717) is 22.4 Å². The highest BCUT2D eigenvalue weighted by molar-refractivity contribution is 6.19. The van der Waals surface area contributed by atoms with Crippen molar-refractivity contribution in [2.24, 2.45) is 0 Å². The Morgan fingerprint density at radius 1 is 0.865 bits per heavy atom. The van der Waals surface area contributed by atoms with Crippen LogP contribution in [0.2, 0.25) is 0 Å². The van der Waals surface area contributed by atoms with Gasteiger partial charge in [-0.05, 0) is 43.2 Å². The number of para-hydroxylation sites is 1. The van der Waals surface area contributed by atoms with Gasteiger partial charge in [0.25, 0.3) is 11.8 Å². The fourth-order valence-corrected chi connectivity index (χ4v) is 4.33. The molecule has 5 rings (SSSR count). The molecule has 0 bridgehead atoms. The number of aryl methyl sites for hydroxylation is 1. The number of carbonyl (C=O) groups excluding carboxylic acids is 2. The van der Waals surface area contributed by atoms with Gasteiger partial charge < -0.3 is 0 Å². The predicted octanol–water partition coefficient (Wildman–Crippen LogP) is 5.64. The van der Waals surface area contributed by atoms with Crippen molar-refractivity contribution in [1.82, 2.24) is 14.7 Å². The molecule has 180 valence electrons. The second-order valence-corrected chi connectivity index (χ2v) is 8.93. The molecule has 37 heavy (non-hydrogen) atoms. The van der Waals surface area contributed by atoms with Crippen LogP contribution >= 0.6 is 0 Å². The van der Waals surface area contributed by atoms with E-state index in [1.807, 2.05) is 104 Å². The number of benzene rings is 3. The number of imide groups is 1. The first-order valence-electron chi connectivity index (χ1n) is 11.9. The van der Waals surface area contributed by atoms with Crippen LogP contribution in [0.1, 0.15) is 23.6 Å². The number of carbonyl (C=O) groups is 2. The van der Waals surface area contributed by atoms with Crippen LogP contribution < -0.4 is 0 Å². The molecule has 0 atom stereocenters. The SMILES string of the molecule is CC1=C(C#N)C(=O)N(Cc2ccc(C)cc2)C(=O)/C1=C/c1cn(-c2ccccc2)nc1-c1ccccc1. The van der Waals surface area contributed by atoms with E-state index < -0.39 is 11.8 Å². The highest BCUT2D eigenvalue weighted by Gasteiger charge is 2.35. The molecule has 1 aliphatic rings. The van der Waals surface area contributed by atoms with Gasteiger partial charge in [-0.1, -0.05) is 78.4 Å². The smallest absolute Gasteiger partial charge is 0.269 e. The molecule has 0 radical (unpaired) electrons. The predicted molar refractivity (Wildman–Crippen MR) is 142 cm³/mol. The average molecular weight is 485 g/mol. The van der Waals surface area contributed by atoms with Gasteiger partial charge in [0.2, 0.25) is 0 Å². The summed E-state index contributed by atoms with van der Waals surface area (Å²) >= 11 is 0. The minimum absolute atomic E-state index is 0.0327. The van der Waals surface area contributed by atoms with E-state index >= 15 is 0 Å². The maximum atomic E-state index is 13.7. The summed E-state index contributed by atoms with van der Waals surface area (Å²) in [6, 6.07) is 29.1. The van der Waals surface area contributed by atoms with Crippen molar-refractivity contribution in [2.75, 3.05) is 0 Å². The molecule has 0 aliphatic carbocycles. The lowest BCUT2D eigenvalue weighted by Gasteiger charge is -2.27. The van der Waals surface area contributed by atoms with E-state index in [1.165, 1.54) is 0 Å². The second-order valence-electron chi connectivity index (χ2n) is 8.93. The number of rotatable bonds is 5. The van der Waals surface area contributed by atoms with E-state index in [-0.39, 0.29) is 12.1 Å². The number of aromatic nitrogens is 2. The van der Waals surface area contributed by atoms with Gasteiger partial charge in [-0.3, -0.25) is 14.5 Å². The summed E-state index contributed by atoms with van der Waals surface area (Å²) in [4.78, 5) is 27.9. The summed E-state index contributed by atoms with van der Waals surface area (Å²) in [5.41, 5.74) is 5.69. The molecule has 3 aromatic carbocycles. The van der Waals surface area contributed by atoms with Crippen LogP contribution in [0.25, 0.3) is 23.0 Å². The van der Waals surface area contributed by atoms with Crippen molar-refractivity contribution in [1.29, 1.82) is 5.26 Å². The molecular formula is C31H24N4O2. The van der Waals surface area contributed by atoms with Gasteiger partial charge in [0.1, 0.15) is 11.6 Å². The maximum Gasteiger partial charge on any atom is 0.271 e. The maximum absolute atomic E-state index is 13.7. The number of nitrogens with zero attached hydrogens (tertiary/aromatic N) is 4. The first kappa shape index (κ1) is 23.7. The molecule has 0 spiro atoms. The monoisotopic (exact) mass is 484 g/mol. The average Bonchev–Trinajstić information content (AvgIpc) is 3.35. The van der Waals surface area contributed by atoms with Crippen LogP contribution in [0.4, 0.5) is 0 Å². The Morgan fingerprint density at radius 3 is 2.16 bits per heavy atom. The van der Waals surface area contributed by atoms with Gasteiger partial charge in [0.15, 0.2) is 0 Å². The van der Waals surface area contributed by atoms with Gasteiger partial charge in [-0.2, -0.15) is 10.4 Å². The lowest BCUT2D eigenvalue weighted by Crippen LogP contribution is -2.42. The third-order valence-electron chi connectivity index (χ3n) is 6.40. The molecular weight excluding hydrogens is 460 g/mol. The van der Waals surface area contributed by atoms with E-state index in [2.05, 4.69) is 0 Å². The highest BCUT2D eigenvalue weighted by atomic mass is 16.2. The number of amides is 2. The Balaban J connectivity index is 1.63. The molecule has 6 nitrogen and oxygen atoms in total. The lowest BCUT2D eigenvalue weighted by atomic mass is 9.93. The minimum Gasteiger partial charge on any atom is -0.269 e. The topological polar surface area (TPSA) is 79.0 Å². The fraction of sp³-hybridized carbons (Fsp3) is 0.0968. The Kier molecular flexibility index (Phi) is 6.36. The molecule has 0 saturated heterocycles. The van der Waals surface area contributed by atoms with Crippen molar-refractivity contribution in [3.63, 3.8) is 0 Å². The van der Waals surface area contributed by atoms with E-state index in [9.17, 15) is 14.9 Å². The van der Waals surface area contributed by atoms with Crippen LogP contribution in [0.15, 0.2) is 108 Å². The van der Waals surface area contributed by atoms with Crippen molar-refractivity contribution in [3.05, 3.63) is 125 Å². The molecule has 0 fully saturated rings. The van der Waals surface area contributed by atoms with Crippen molar-refractivity contribution in [3.8, 4) is 23.0 Å². The van der Waals surface area contributed by atoms with Crippen molar-refractivity contribution < 1.29 is 9.59 Å². The Morgan fingerprint density at radius 2 is 1.51 bits per heavy atom. The van der Waals surface area contributed by atoms with Gasteiger partial charge in [-0.15, -0.1) is 0 Å². The summed E-state index contributed by atoms with van der Waals surface area (Å²) in [5.74, 6) is -1.01. The molecule has 2 heterocycles. The standard InChI is InChI=1S/C31H24N4O2/c1-21-13-15-23(16-14-21)19-34-30(36)27(22(2)28(18-32)31(34)37)17-25-20-35(26-11-7-4-8-12-26)33-29(25)24-9-5-3-6-10-24/h3-17,20H,19H2,1-2H3/b27-17+. The molecule has 0 unspecified atom stereocenters. The summed E-state index contributed by atoms with van der Waals surface area (Å²) in [7, 11) is 0. The number of hydrogen-bond donors (Lipinski definition) is 0. The third-order valence-corrected chi connectivity index (χ3v) is 6.40. The molecule has 2 amide bonds. The Hall–Kier alpha value is -5.02. The number of nitriles is 1. The Bertz CT molecular complexity index is 1590.